The highest BCUT2D eigenvalue weighted by Crippen LogP contribution is 2.32. The van der Waals surface area contributed by atoms with Crippen LogP contribution in [0.1, 0.15) is 40.1 Å². The number of aromatic amines is 1. The molecule has 1 unspecified atom stereocenters. The van der Waals surface area contributed by atoms with Crippen LogP contribution < -0.4 is 22.0 Å². The van der Waals surface area contributed by atoms with Crippen LogP contribution in [0, 0.1) is 13.8 Å². The molecule has 1 atom stereocenters. The summed E-state index contributed by atoms with van der Waals surface area (Å²) in [6.45, 7) is 5.40. The molecule has 0 aliphatic heterocycles. The van der Waals surface area contributed by atoms with E-state index >= 15 is 0 Å². The number of hydrogen-bond donors (Lipinski definition) is 3. The molecule has 4 rings (SSSR count). The fourth-order valence-corrected chi connectivity index (χ4v) is 3.92. The quantitative estimate of drug-likeness (QED) is 0.381. The number of nitrogens with two attached hydrogens (primary N) is 1. The molecule has 1 aromatic carbocycles. The minimum absolute atomic E-state index is 0.00570. The zero-order valence-corrected chi connectivity index (χ0v) is 18.9. The molecule has 0 saturated heterocycles. The molecular weight excluding hydrogens is 444 g/mol. The molecule has 8 nitrogen and oxygen atoms in total. The van der Waals surface area contributed by atoms with Gasteiger partial charge in [-0.2, -0.15) is 0 Å². The van der Waals surface area contributed by atoms with E-state index in [2.05, 4.69) is 15.3 Å². The van der Waals surface area contributed by atoms with Crippen molar-refractivity contribution in [2.75, 3.05) is 5.32 Å². The molecule has 0 aliphatic carbocycles. The van der Waals surface area contributed by atoms with Crippen molar-refractivity contribution in [1.29, 1.82) is 0 Å². The van der Waals surface area contributed by atoms with Gasteiger partial charge in [-0.25, -0.2) is 4.98 Å². The Morgan fingerprint density at radius 2 is 1.94 bits per heavy atom. The first-order chi connectivity index (χ1) is 15.7. The lowest BCUT2D eigenvalue weighted by Gasteiger charge is -2.19. The standard InChI is InChI=1S/C24H21ClN4O4/c1-11-9-14(13(3)27-16-7-8-18(25)29-20(16)24(26)32)23-15(10-11)21(31)12(2)22(33-23)17-5-4-6-19(30)28-17/h4-10,13,27H,1-3H3,(H2,26,32)(H,28,30). The number of hydrogen-bond acceptors (Lipinski definition) is 6. The second kappa shape index (κ2) is 8.55. The number of nitrogens with zero attached hydrogens (tertiary/aromatic N) is 1. The van der Waals surface area contributed by atoms with Crippen LogP contribution >= 0.6 is 11.6 Å². The number of nitrogens with one attached hydrogen (secondary N) is 2. The third kappa shape index (κ3) is 4.25. The number of fused-ring (bicyclic) bond motifs is 1. The average molecular weight is 465 g/mol. The molecule has 0 aliphatic rings. The number of rotatable bonds is 5. The lowest BCUT2D eigenvalue weighted by Crippen LogP contribution is -2.18. The first-order valence-electron chi connectivity index (χ1n) is 10.2. The lowest BCUT2D eigenvalue weighted by atomic mass is 9.99. The maximum Gasteiger partial charge on any atom is 0.269 e. The summed E-state index contributed by atoms with van der Waals surface area (Å²) >= 11 is 5.91. The summed E-state index contributed by atoms with van der Waals surface area (Å²) in [5.74, 6) is -0.438. The number of carbonyl (C=O) groups is 1. The normalized spacial score (nSPS) is 12.0. The van der Waals surface area contributed by atoms with Crippen LogP contribution in [0.25, 0.3) is 22.4 Å². The summed E-state index contributed by atoms with van der Waals surface area (Å²) in [6, 6.07) is 11.1. The first-order valence-corrected chi connectivity index (χ1v) is 10.5. The largest absolute Gasteiger partial charge is 0.454 e. The molecule has 0 saturated carbocycles. The third-order valence-electron chi connectivity index (χ3n) is 5.34. The van der Waals surface area contributed by atoms with Crippen molar-refractivity contribution in [2.24, 2.45) is 5.73 Å². The van der Waals surface area contributed by atoms with Crippen LogP contribution in [0.2, 0.25) is 5.15 Å². The molecule has 33 heavy (non-hydrogen) atoms. The minimum Gasteiger partial charge on any atom is -0.454 e. The summed E-state index contributed by atoms with van der Waals surface area (Å²) in [5, 5.41) is 3.78. The van der Waals surface area contributed by atoms with E-state index in [1.165, 1.54) is 6.07 Å². The van der Waals surface area contributed by atoms with Crippen LogP contribution in [0.4, 0.5) is 5.69 Å². The highest BCUT2D eigenvalue weighted by atomic mass is 35.5. The second-order valence-electron chi connectivity index (χ2n) is 7.81. The highest BCUT2D eigenvalue weighted by molar-refractivity contribution is 6.29. The molecule has 0 fully saturated rings. The van der Waals surface area contributed by atoms with Gasteiger partial charge in [-0.3, -0.25) is 14.4 Å². The number of pyridine rings is 2. The topological polar surface area (TPSA) is 131 Å². The van der Waals surface area contributed by atoms with Crippen LogP contribution in [-0.2, 0) is 0 Å². The fourth-order valence-electron chi connectivity index (χ4n) is 3.78. The number of H-pyrrole nitrogens is 1. The van der Waals surface area contributed by atoms with E-state index in [1.807, 2.05) is 19.9 Å². The maximum atomic E-state index is 13.2. The van der Waals surface area contributed by atoms with Crippen molar-refractivity contribution in [3.05, 3.63) is 90.6 Å². The van der Waals surface area contributed by atoms with E-state index in [0.29, 0.717) is 33.5 Å². The number of carbonyl (C=O) groups excluding carboxylic acids is 1. The van der Waals surface area contributed by atoms with Crippen molar-refractivity contribution in [2.45, 2.75) is 26.8 Å². The van der Waals surface area contributed by atoms with E-state index in [9.17, 15) is 14.4 Å². The van der Waals surface area contributed by atoms with Gasteiger partial charge in [0.2, 0.25) is 5.56 Å². The highest BCUT2D eigenvalue weighted by Gasteiger charge is 2.21. The Kier molecular flexibility index (Phi) is 5.78. The molecule has 0 spiro atoms. The van der Waals surface area contributed by atoms with Crippen molar-refractivity contribution >= 4 is 34.2 Å². The van der Waals surface area contributed by atoms with E-state index in [4.69, 9.17) is 21.8 Å². The molecule has 1 amide bonds. The molecule has 0 bridgehead atoms. The van der Waals surface area contributed by atoms with Gasteiger partial charge in [0, 0.05) is 17.2 Å². The van der Waals surface area contributed by atoms with Gasteiger partial charge in [-0.15, -0.1) is 0 Å². The Morgan fingerprint density at radius 3 is 2.64 bits per heavy atom. The summed E-state index contributed by atoms with van der Waals surface area (Å²) in [7, 11) is 0. The fraction of sp³-hybridized carbons (Fsp3) is 0.167. The van der Waals surface area contributed by atoms with Gasteiger partial charge >= 0.3 is 0 Å². The van der Waals surface area contributed by atoms with Crippen molar-refractivity contribution in [3.63, 3.8) is 0 Å². The van der Waals surface area contributed by atoms with Crippen LogP contribution in [0.5, 0.6) is 0 Å². The van der Waals surface area contributed by atoms with Crippen LogP contribution in [0.3, 0.4) is 0 Å². The molecule has 4 aromatic rings. The minimum atomic E-state index is -0.723. The number of halogens is 1. The smallest absolute Gasteiger partial charge is 0.269 e. The van der Waals surface area contributed by atoms with Gasteiger partial charge in [0.25, 0.3) is 5.91 Å². The number of primary amides is 1. The zero-order valence-electron chi connectivity index (χ0n) is 18.2. The summed E-state index contributed by atoms with van der Waals surface area (Å²) < 4.78 is 6.22. The number of aromatic nitrogens is 2. The van der Waals surface area contributed by atoms with Gasteiger partial charge in [0.05, 0.1) is 22.8 Å². The van der Waals surface area contributed by atoms with Crippen molar-refractivity contribution in [3.8, 4) is 11.5 Å². The molecular formula is C24H21ClN4O4. The average Bonchev–Trinajstić information content (AvgIpc) is 2.77. The van der Waals surface area contributed by atoms with Gasteiger partial charge in [0.1, 0.15) is 10.7 Å². The van der Waals surface area contributed by atoms with Gasteiger partial charge in [-0.1, -0.05) is 23.7 Å². The van der Waals surface area contributed by atoms with Gasteiger partial charge < -0.3 is 20.5 Å². The Bertz CT molecular complexity index is 1520. The molecule has 3 aromatic heterocycles. The SMILES string of the molecule is Cc1cc(C(C)Nc2ccc(Cl)nc2C(N)=O)c2oc(-c3cccc(=O)[nH]3)c(C)c(=O)c2c1. The Morgan fingerprint density at radius 1 is 1.18 bits per heavy atom. The third-order valence-corrected chi connectivity index (χ3v) is 5.55. The van der Waals surface area contributed by atoms with Gasteiger partial charge in [-0.05, 0) is 50.6 Å². The molecule has 0 radical (unpaired) electrons. The first kappa shape index (κ1) is 22.3. The number of anilines is 1. The molecule has 4 N–H and O–H groups in total. The number of benzene rings is 1. The lowest BCUT2D eigenvalue weighted by molar-refractivity contribution is 0.0996. The van der Waals surface area contributed by atoms with Crippen molar-refractivity contribution in [1.82, 2.24) is 9.97 Å². The molecule has 9 heteroatoms. The Hall–Kier alpha value is -3.91. The van der Waals surface area contributed by atoms with E-state index < -0.39 is 11.9 Å². The molecule has 3 heterocycles. The second-order valence-corrected chi connectivity index (χ2v) is 8.19. The van der Waals surface area contributed by atoms with E-state index in [-0.39, 0.29) is 27.6 Å². The number of aryl methyl sites for hydroxylation is 1. The Labute approximate surface area is 193 Å². The van der Waals surface area contributed by atoms with E-state index in [0.717, 1.165) is 5.56 Å². The van der Waals surface area contributed by atoms with Crippen LogP contribution in [-0.4, -0.2) is 15.9 Å². The molecule has 168 valence electrons. The number of amides is 1. The van der Waals surface area contributed by atoms with Gasteiger partial charge in [0.15, 0.2) is 16.9 Å². The Balaban J connectivity index is 1.90. The summed E-state index contributed by atoms with van der Waals surface area (Å²) in [5.41, 5.74) is 8.08. The van der Waals surface area contributed by atoms with E-state index in [1.54, 1.807) is 37.3 Å². The zero-order chi connectivity index (χ0) is 23.9. The summed E-state index contributed by atoms with van der Waals surface area (Å²) in [6.07, 6.45) is 0. The van der Waals surface area contributed by atoms with Crippen LogP contribution in [0.15, 0.2) is 56.5 Å². The predicted molar refractivity (Wildman–Crippen MR) is 128 cm³/mol. The van der Waals surface area contributed by atoms with Crippen molar-refractivity contribution < 1.29 is 9.21 Å². The summed E-state index contributed by atoms with van der Waals surface area (Å²) in [4.78, 5) is 43.6. The monoisotopic (exact) mass is 464 g/mol. The predicted octanol–water partition coefficient (Wildman–Crippen LogP) is 4.09. The maximum absolute atomic E-state index is 13.2.